The number of carboxylic acids is 1. The second-order valence-corrected chi connectivity index (χ2v) is 7.75. The molecule has 182 valence electrons. The third-order valence-electron chi connectivity index (χ3n) is 5.00. The van der Waals surface area contributed by atoms with Crippen molar-refractivity contribution in [1.82, 2.24) is 25.0 Å². The van der Waals surface area contributed by atoms with Crippen LogP contribution in [0.1, 0.15) is 35.2 Å². The molecule has 0 aliphatic carbocycles. The van der Waals surface area contributed by atoms with Gasteiger partial charge in [0.1, 0.15) is 11.5 Å². The van der Waals surface area contributed by atoms with Gasteiger partial charge in [0.05, 0.1) is 24.7 Å². The van der Waals surface area contributed by atoms with Crippen molar-refractivity contribution in [2.45, 2.75) is 45.2 Å². The average Bonchev–Trinajstić information content (AvgIpc) is 3.42. The fourth-order valence-electron chi connectivity index (χ4n) is 3.52. The Kier molecular flexibility index (Phi) is 8.05. The number of nitrogens with one attached hydrogen (secondary N) is 1. The van der Waals surface area contributed by atoms with E-state index in [0.29, 0.717) is 13.0 Å². The molecule has 9 nitrogen and oxygen atoms in total. The molecular formula is C22H24F3N5O4. The van der Waals surface area contributed by atoms with Crippen LogP contribution in [0.2, 0.25) is 0 Å². The number of alkyl halides is 3. The molecule has 34 heavy (non-hydrogen) atoms. The van der Waals surface area contributed by atoms with E-state index < -0.39 is 12.1 Å². The number of furan rings is 1. The minimum Gasteiger partial charge on any atom is -0.475 e. The number of fused-ring (bicyclic) bond motifs is 1. The number of halogens is 3. The number of aromatic nitrogens is 3. The van der Waals surface area contributed by atoms with Gasteiger partial charge in [-0.1, -0.05) is 6.07 Å². The minimum absolute atomic E-state index is 0.00806. The highest BCUT2D eigenvalue weighted by Gasteiger charge is 2.38. The molecule has 0 aromatic carbocycles. The molecule has 1 aliphatic heterocycles. The van der Waals surface area contributed by atoms with Crippen molar-refractivity contribution in [3.8, 4) is 0 Å². The fourth-order valence-corrected chi connectivity index (χ4v) is 3.52. The van der Waals surface area contributed by atoms with Gasteiger partial charge in [0, 0.05) is 38.2 Å². The normalized spacial score (nSPS) is 15.7. The number of carboxylic acid groups (broad SMARTS) is 1. The first-order valence-corrected chi connectivity index (χ1v) is 10.4. The number of pyridine rings is 1. The topological polar surface area (TPSA) is 113 Å². The molecule has 1 atom stereocenters. The van der Waals surface area contributed by atoms with E-state index in [9.17, 15) is 18.0 Å². The van der Waals surface area contributed by atoms with Crippen molar-refractivity contribution < 1.29 is 32.3 Å². The van der Waals surface area contributed by atoms with Crippen LogP contribution in [0.4, 0.5) is 13.2 Å². The van der Waals surface area contributed by atoms with Crippen LogP contribution in [0.5, 0.6) is 0 Å². The molecule has 12 heteroatoms. The molecule has 3 aromatic rings. The molecule has 1 amide bonds. The van der Waals surface area contributed by atoms with Crippen molar-refractivity contribution in [3.63, 3.8) is 0 Å². The van der Waals surface area contributed by atoms with Gasteiger partial charge in [0.15, 0.2) is 0 Å². The lowest BCUT2D eigenvalue weighted by molar-refractivity contribution is -0.192. The van der Waals surface area contributed by atoms with Crippen molar-refractivity contribution in [2.75, 3.05) is 6.54 Å². The smallest absolute Gasteiger partial charge is 0.475 e. The number of carbonyl (C=O) groups is 2. The van der Waals surface area contributed by atoms with Gasteiger partial charge in [-0.15, -0.1) is 0 Å². The molecule has 0 fully saturated rings. The zero-order valence-corrected chi connectivity index (χ0v) is 18.3. The number of rotatable bonds is 6. The van der Waals surface area contributed by atoms with Gasteiger partial charge in [0.2, 0.25) is 5.91 Å². The van der Waals surface area contributed by atoms with Crippen LogP contribution >= 0.6 is 0 Å². The van der Waals surface area contributed by atoms with E-state index in [-0.39, 0.29) is 11.9 Å². The first-order chi connectivity index (χ1) is 16.1. The highest BCUT2D eigenvalue weighted by molar-refractivity contribution is 5.76. The van der Waals surface area contributed by atoms with E-state index >= 15 is 0 Å². The molecule has 2 N–H and O–H groups in total. The third kappa shape index (κ3) is 7.17. The lowest BCUT2D eigenvalue weighted by atomic mass is 10.1. The Labute approximate surface area is 193 Å². The quantitative estimate of drug-likeness (QED) is 0.559. The van der Waals surface area contributed by atoms with E-state index in [0.717, 1.165) is 42.4 Å². The molecule has 1 unspecified atom stereocenters. The van der Waals surface area contributed by atoms with Gasteiger partial charge in [-0.05, 0) is 36.8 Å². The van der Waals surface area contributed by atoms with Crippen LogP contribution in [-0.4, -0.2) is 49.4 Å². The summed E-state index contributed by atoms with van der Waals surface area (Å²) in [5, 5.41) is 14.5. The van der Waals surface area contributed by atoms with Crippen LogP contribution in [0.15, 0.2) is 53.3 Å². The summed E-state index contributed by atoms with van der Waals surface area (Å²) in [6.07, 6.45) is 0.598. The summed E-state index contributed by atoms with van der Waals surface area (Å²) < 4.78 is 39.4. The van der Waals surface area contributed by atoms with E-state index in [4.69, 9.17) is 14.3 Å². The van der Waals surface area contributed by atoms with Crippen LogP contribution in [0.25, 0.3) is 0 Å². The fraction of sp³-hybridized carbons (Fsp3) is 0.364. The summed E-state index contributed by atoms with van der Waals surface area (Å²) in [7, 11) is 0. The first-order valence-electron chi connectivity index (χ1n) is 10.4. The Morgan fingerprint density at radius 1 is 1.24 bits per heavy atom. The summed E-state index contributed by atoms with van der Waals surface area (Å²) in [6.45, 7) is 4.72. The molecule has 0 bridgehead atoms. The Bertz CT molecular complexity index is 1100. The molecule has 0 saturated heterocycles. The zero-order valence-electron chi connectivity index (χ0n) is 18.3. The maximum Gasteiger partial charge on any atom is 0.490 e. The lowest BCUT2D eigenvalue weighted by Crippen LogP contribution is -2.39. The SMILES string of the molecule is Cc1ccc(CN2Cc3ccnn3C(CC(=O)NCc3cccnc3)C2)o1.O=C(O)C(F)(F)F. The first kappa shape index (κ1) is 25.0. The Hall–Kier alpha value is -3.67. The largest absolute Gasteiger partial charge is 0.490 e. The van der Waals surface area contributed by atoms with Crippen LogP contribution < -0.4 is 5.32 Å². The van der Waals surface area contributed by atoms with Crippen molar-refractivity contribution in [2.24, 2.45) is 0 Å². The second kappa shape index (κ2) is 11.0. The van der Waals surface area contributed by atoms with Gasteiger partial charge in [-0.25, -0.2) is 4.79 Å². The lowest BCUT2D eigenvalue weighted by Gasteiger charge is -2.33. The van der Waals surface area contributed by atoms with Crippen molar-refractivity contribution in [1.29, 1.82) is 0 Å². The van der Waals surface area contributed by atoms with E-state index in [2.05, 4.69) is 20.3 Å². The Morgan fingerprint density at radius 2 is 2.00 bits per heavy atom. The molecule has 0 radical (unpaired) electrons. The summed E-state index contributed by atoms with van der Waals surface area (Å²) in [4.78, 5) is 27.7. The van der Waals surface area contributed by atoms with Gasteiger partial charge in [0.25, 0.3) is 0 Å². The predicted octanol–water partition coefficient (Wildman–Crippen LogP) is 3.08. The summed E-state index contributed by atoms with van der Waals surface area (Å²) >= 11 is 0. The molecule has 0 spiro atoms. The van der Waals surface area contributed by atoms with Gasteiger partial charge in [-0.3, -0.25) is 19.4 Å². The maximum atomic E-state index is 12.5. The summed E-state index contributed by atoms with van der Waals surface area (Å²) in [5.74, 6) is -0.882. The molecular weight excluding hydrogens is 455 g/mol. The Balaban J connectivity index is 0.000000406. The standard InChI is InChI=1S/C20H23N5O2.C2HF3O2/c1-15-4-5-19(27-15)14-24-12-17-6-8-23-25(17)18(13-24)9-20(26)22-11-16-3-2-7-21-10-16;3-2(4,5)1(6)7/h2-8,10,18H,9,11-14H2,1H3,(H,22,26);(H,6,7). The highest BCUT2D eigenvalue weighted by Crippen LogP contribution is 2.25. The summed E-state index contributed by atoms with van der Waals surface area (Å²) in [5.41, 5.74) is 2.11. The van der Waals surface area contributed by atoms with Crippen molar-refractivity contribution in [3.05, 3.63) is 71.7 Å². The molecule has 3 aromatic heterocycles. The second-order valence-electron chi connectivity index (χ2n) is 7.75. The predicted molar refractivity (Wildman–Crippen MR) is 113 cm³/mol. The van der Waals surface area contributed by atoms with Crippen molar-refractivity contribution >= 4 is 11.9 Å². The van der Waals surface area contributed by atoms with Gasteiger partial charge in [-0.2, -0.15) is 18.3 Å². The number of aryl methyl sites for hydroxylation is 1. The molecule has 0 saturated carbocycles. The molecule has 1 aliphatic rings. The number of carbonyl (C=O) groups excluding carboxylic acids is 1. The van der Waals surface area contributed by atoms with E-state index in [1.165, 1.54) is 0 Å². The van der Waals surface area contributed by atoms with Gasteiger partial charge >= 0.3 is 12.1 Å². The molecule has 4 rings (SSSR count). The van der Waals surface area contributed by atoms with E-state index in [1.807, 2.05) is 41.9 Å². The number of aliphatic carboxylic acids is 1. The van der Waals surface area contributed by atoms with Crippen LogP contribution in [-0.2, 0) is 29.2 Å². The highest BCUT2D eigenvalue weighted by atomic mass is 19.4. The Morgan fingerprint density at radius 3 is 2.62 bits per heavy atom. The van der Waals surface area contributed by atoms with Crippen LogP contribution in [0, 0.1) is 6.92 Å². The third-order valence-corrected chi connectivity index (χ3v) is 5.00. The minimum atomic E-state index is -5.08. The maximum absolute atomic E-state index is 12.5. The number of hydrogen-bond donors (Lipinski definition) is 2. The molecule has 4 heterocycles. The van der Waals surface area contributed by atoms with Gasteiger partial charge < -0.3 is 14.8 Å². The van der Waals surface area contributed by atoms with Crippen LogP contribution in [0.3, 0.4) is 0 Å². The zero-order chi connectivity index (χ0) is 24.7. The number of amides is 1. The average molecular weight is 479 g/mol. The monoisotopic (exact) mass is 479 g/mol. The summed E-state index contributed by atoms with van der Waals surface area (Å²) in [6, 6.07) is 9.83. The number of hydrogen-bond acceptors (Lipinski definition) is 6. The number of nitrogens with zero attached hydrogens (tertiary/aromatic N) is 4. The van der Waals surface area contributed by atoms with E-state index in [1.54, 1.807) is 18.6 Å².